The molecule has 34 heavy (non-hydrogen) atoms. The normalized spacial score (nSPS) is 21.8. The van der Waals surface area contributed by atoms with Gasteiger partial charge in [-0.05, 0) is 36.8 Å². The average Bonchev–Trinajstić information content (AvgIpc) is 3.48. The Morgan fingerprint density at radius 1 is 1.32 bits per heavy atom. The first-order chi connectivity index (χ1) is 16.3. The number of hydrogen-bond acceptors (Lipinski definition) is 8. The van der Waals surface area contributed by atoms with E-state index in [9.17, 15) is 22.9 Å². The monoisotopic (exact) mass is 500 g/mol. The number of halogens is 1. The predicted molar refractivity (Wildman–Crippen MR) is 126 cm³/mol. The van der Waals surface area contributed by atoms with Gasteiger partial charge in [0.2, 0.25) is 15.9 Å². The second-order valence-corrected chi connectivity index (χ2v) is 11.5. The van der Waals surface area contributed by atoms with E-state index in [0.29, 0.717) is 39.4 Å². The van der Waals surface area contributed by atoms with Crippen molar-refractivity contribution in [2.24, 2.45) is 0 Å². The van der Waals surface area contributed by atoms with Crippen molar-refractivity contribution in [3.05, 3.63) is 46.5 Å². The van der Waals surface area contributed by atoms with E-state index in [2.05, 4.69) is 16.4 Å². The fourth-order valence-electron chi connectivity index (χ4n) is 4.30. The topological polar surface area (TPSA) is 112 Å². The number of rotatable bonds is 5. The number of carbonyl (C=O) groups is 1. The number of ether oxygens (including phenoxy) is 1. The molecule has 0 saturated carbocycles. The van der Waals surface area contributed by atoms with Gasteiger partial charge in [0.05, 0.1) is 34.1 Å². The van der Waals surface area contributed by atoms with E-state index >= 15 is 0 Å². The summed E-state index contributed by atoms with van der Waals surface area (Å²) in [5.41, 5.74) is 3.17. The summed E-state index contributed by atoms with van der Waals surface area (Å²) >= 11 is 1.33. The zero-order valence-electron chi connectivity index (χ0n) is 18.2. The largest absolute Gasteiger partial charge is 0.485 e. The molecule has 11 heteroatoms. The lowest BCUT2D eigenvalue weighted by Crippen LogP contribution is -2.28. The van der Waals surface area contributed by atoms with Crippen LogP contribution in [0, 0.1) is 18.3 Å². The summed E-state index contributed by atoms with van der Waals surface area (Å²) in [6.07, 6.45) is -0.177. The third kappa shape index (κ3) is 4.02. The highest BCUT2D eigenvalue weighted by Crippen LogP contribution is 2.41. The lowest BCUT2D eigenvalue weighted by Gasteiger charge is -2.20. The molecule has 1 aromatic carbocycles. The second-order valence-electron chi connectivity index (χ2n) is 8.36. The molecule has 1 N–H and O–H groups in total. The van der Waals surface area contributed by atoms with E-state index in [4.69, 9.17) is 4.74 Å². The predicted octanol–water partition coefficient (Wildman–Crippen LogP) is 2.89. The molecule has 2 aromatic heterocycles. The summed E-state index contributed by atoms with van der Waals surface area (Å²) in [5.74, 6) is -0.0908. The van der Waals surface area contributed by atoms with Crippen molar-refractivity contribution in [2.75, 3.05) is 18.8 Å². The molecule has 3 aromatic rings. The van der Waals surface area contributed by atoms with E-state index in [1.807, 2.05) is 6.92 Å². The molecule has 2 saturated heterocycles. The van der Waals surface area contributed by atoms with Gasteiger partial charge in [-0.15, -0.1) is 11.3 Å². The first-order valence-corrected chi connectivity index (χ1v) is 13.2. The standard InChI is InChI=1S/C23H21FN4O4S2/c1-13-6-14(9-25)7-17(22(13)32-20-11-26-10-18(20)24)16-2-4-27-19-8-15(33-23(16)19)12-28-21(29)3-5-34(28,30)31/h2,4,6-8,18,20,26H,3,5,10-12H2,1H3/t18-,20+/m0/s1. The highest BCUT2D eigenvalue weighted by Gasteiger charge is 2.35. The number of fused-ring (bicyclic) bond motifs is 1. The van der Waals surface area contributed by atoms with Gasteiger partial charge < -0.3 is 10.1 Å². The van der Waals surface area contributed by atoms with E-state index in [1.165, 1.54) is 11.3 Å². The molecule has 8 nitrogen and oxygen atoms in total. The van der Waals surface area contributed by atoms with E-state index in [0.717, 1.165) is 14.6 Å². The molecular weight excluding hydrogens is 479 g/mol. The Morgan fingerprint density at radius 2 is 2.15 bits per heavy atom. The number of alkyl halides is 1. The molecule has 2 fully saturated rings. The smallest absolute Gasteiger partial charge is 0.238 e. The number of benzene rings is 1. The maximum atomic E-state index is 14.3. The number of nitrogens with one attached hydrogen (secondary N) is 1. The number of aromatic nitrogens is 1. The van der Waals surface area contributed by atoms with Gasteiger partial charge in [-0.3, -0.25) is 9.78 Å². The maximum absolute atomic E-state index is 14.3. The fourth-order valence-corrected chi connectivity index (χ4v) is 6.90. The number of sulfonamides is 1. The quantitative estimate of drug-likeness (QED) is 0.573. The number of thiophene rings is 1. The van der Waals surface area contributed by atoms with Crippen molar-refractivity contribution >= 4 is 37.5 Å². The first-order valence-electron chi connectivity index (χ1n) is 10.7. The Kier molecular flexibility index (Phi) is 5.75. The molecule has 1 amide bonds. The van der Waals surface area contributed by atoms with Gasteiger partial charge in [-0.1, -0.05) is 0 Å². The van der Waals surface area contributed by atoms with Crippen molar-refractivity contribution < 1.29 is 22.3 Å². The van der Waals surface area contributed by atoms with Gasteiger partial charge in [0.1, 0.15) is 11.9 Å². The number of carbonyl (C=O) groups excluding carboxylic acids is 1. The SMILES string of the molecule is Cc1cc(C#N)cc(-c2ccnc3cc(CN4C(=O)CCS4(=O)=O)sc23)c1O[C@@H]1CNC[C@@H]1F. The molecule has 0 bridgehead atoms. The molecule has 2 atom stereocenters. The summed E-state index contributed by atoms with van der Waals surface area (Å²) in [6.45, 7) is 2.38. The van der Waals surface area contributed by atoms with Crippen molar-refractivity contribution in [1.29, 1.82) is 5.26 Å². The van der Waals surface area contributed by atoms with Crippen LogP contribution in [-0.4, -0.2) is 54.7 Å². The third-order valence-corrected chi connectivity index (χ3v) is 8.87. The third-order valence-electron chi connectivity index (χ3n) is 6.00. The maximum Gasteiger partial charge on any atom is 0.238 e. The minimum absolute atomic E-state index is 0.0107. The van der Waals surface area contributed by atoms with E-state index in [-0.39, 0.29) is 25.3 Å². The van der Waals surface area contributed by atoms with Gasteiger partial charge >= 0.3 is 0 Å². The Bertz CT molecular complexity index is 1450. The molecule has 2 aliphatic heterocycles. The van der Waals surface area contributed by atoms with Crippen LogP contribution in [0.25, 0.3) is 21.3 Å². The van der Waals surface area contributed by atoms with Crippen molar-refractivity contribution in [2.45, 2.75) is 32.2 Å². The van der Waals surface area contributed by atoms with Crippen LogP contribution in [0.5, 0.6) is 5.75 Å². The summed E-state index contributed by atoms with van der Waals surface area (Å²) < 4.78 is 46.6. The van der Waals surface area contributed by atoms with Gasteiger partial charge in [0.25, 0.3) is 0 Å². The summed E-state index contributed by atoms with van der Waals surface area (Å²) in [6, 6.07) is 9.13. The molecular formula is C23H21FN4O4S2. The number of amides is 1. The molecule has 0 radical (unpaired) electrons. The van der Waals surface area contributed by atoms with Crippen LogP contribution < -0.4 is 10.1 Å². The highest BCUT2D eigenvalue weighted by molar-refractivity contribution is 7.90. The lowest BCUT2D eigenvalue weighted by molar-refractivity contribution is -0.125. The molecule has 5 rings (SSSR count). The lowest BCUT2D eigenvalue weighted by atomic mass is 9.99. The molecule has 0 spiro atoms. The zero-order valence-corrected chi connectivity index (χ0v) is 19.9. The van der Waals surface area contributed by atoms with Crippen LogP contribution in [0.3, 0.4) is 0 Å². The second kappa shape index (κ2) is 8.61. The van der Waals surface area contributed by atoms with E-state index < -0.39 is 28.2 Å². The van der Waals surface area contributed by atoms with E-state index in [1.54, 1.807) is 30.5 Å². The number of hydrogen-bond donors (Lipinski definition) is 1. The molecule has 4 heterocycles. The van der Waals surface area contributed by atoms with Gasteiger partial charge in [-0.25, -0.2) is 17.1 Å². The minimum Gasteiger partial charge on any atom is -0.485 e. The summed E-state index contributed by atoms with van der Waals surface area (Å²) in [7, 11) is -3.60. The number of nitriles is 1. The van der Waals surface area contributed by atoms with Crippen LogP contribution in [0.2, 0.25) is 0 Å². The summed E-state index contributed by atoms with van der Waals surface area (Å²) in [4.78, 5) is 17.2. The van der Waals surface area contributed by atoms with Crippen LogP contribution >= 0.6 is 11.3 Å². The highest BCUT2D eigenvalue weighted by atomic mass is 32.2. The van der Waals surface area contributed by atoms with Crippen molar-refractivity contribution in [1.82, 2.24) is 14.6 Å². The minimum atomic E-state index is -3.60. The van der Waals surface area contributed by atoms with Gasteiger partial charge in [0.15, 0.2) is 6.17 Å². The molecule has 2 aliphatic rings. The molecule has 0 aliphatic carbocycles. The van der Waals surface area contributed by atoms with Crippen LogP contribution in [0.4, 0.5) is 4.39 Å². The molecule has 0 unspecified atom stereocenters. The first kappa shape index (κ1) is 22.7. The summed E-state index contributed by atoms with van der Waals surface area (Å²) in [5, 5.41) is 12.5. The Balaban J connectivity index is 1.60. The van der Waals surface area contributed by atoms with Crippen LogP contribution in [0.1, 0.15) is 22.4 Å². The Morgan fingerprint density at radius 3 is 2.82 bits per heavy atom. The van der Waals surface area contributed by atoms with Crippen molar-refractivity contribution in [3.8, 4) is 22.9 Å². The molecule has 176 valence electrons. The fraction of sp³-hybridized carbons (Fsp3) is 0.348. The number of pyridine rings is 1. The van der Waals surface area contributed by atoms with Gasteiger partial charge in [0, 0.05) is 41.7 Å². The van der Waals surface area contributed by atoms with Gasteiger partial charge in [-0.2, -0.15) is 5.26 Å². The Hall–Kier alpha value is -3.07. The average molecular weight is 501 g/mol. The van der Waals surface area contributed by atoms with Crippen LogP contribution in [-0.2, 0) is 21.4 Å². The number of aryl methyl sites for hydroxylation is 1. The van der Waals surface area contributed by atoms with Crippen molar-refractivity contribution in [3.63, 3.8) is 0 Å². The zero-order chi connectivity index (χ0) is 24.0. The number of nitrogens with zero attached hydrogens (tertiary/aromatic N) is 3. The van der Waals surface area contributed by atoms with Crippen LogP contribution in [0.15, 0.2) is 30.5 Å². The Labute approximate surface area is 200 Å².